The van der Waals surface area contributed by atoms with E-state index in [-0.39, 0.29) is 29.9 Å². The van der Waals surface area contributed by atoms with Gasteiger partial charge in [0.05, 0.1) is 18.8 Å². The summed E-state index contributed by atoms with van der Waals surface area (Å²) in [6, 6.07) is 17.7. The zero-order chi connectivity index (χ0) is 21.3. The van der Waals surface area contributed by atoms with Crippen molar-refractivity contribution in [3.63, 3.8) is 0 Å². The number of rotatable bonds is 7. The summed E-state index contributed by atoms with van der Waals surface area (Å²) in [5.41, 5.74) is 3.84. The SMILES string of the molecule is CCNC(=NCc1ccc(C(=O)N(C)C)cc1)NCc1nc(-c2ccccc2)cs1.I. The van der Waals surface area contributed by atoms with Crippen LogP contribution in [0.1, 0.15) is 27.9 Å². The van der Waals surface area contributed by atoms with E-state index in [1.807, 2.05) is 49.4 Å². The van der Waals surface area contributed by atoms with Crippen LogP contribution < -0.4 is 10.6 Å². The predicted molar refractivity (Wildman–Crippen MR) is 139 cm³/mol. The monoisotopic (exact) mass is 549 g/mol. The zero-order valence-electron chi connectivity index (χ0n) is 18.0. The lowest BCUT2D eigenvalue weighted by Crippen LogP contribution is -2.36. The molecule has 1 heterocycles. The lowest BCUT2D eigenvalue weighted by atomic mass is 10.1. The van der Waals surface area contributed by atoms with Crippen LogP contribution in [-0.2, 0) is 13.1 Å². The minimum Gasteiger partial charge on any atom is -0.357 e. The van der Waals surface area contributed by atoms with Crippen LogP contribution in [0.4, 0.5) is 0 Å². The second-order valence-electron chi connectivity index (χ2n) is 6.94. The number of benzene rings is 2. The number of amides is 1. The fourth-order valence-electron chi connectivity index (χ4n) is 2.82. The van der Waals surface area contributed by atoms with Gasteiger partial charge in [-0.25, -0.2) is 9.98 Å². The van der Waals surface area contributed by atoms with E-state index < -0.39 is 0 Å². The highest BCUT2D eigenvalue weighted by Gasteiger charge is 2.08. The summed E-state index contributed by atoms with van der Waals surface area (Å²) in [6.45, 7) is 3.95. The number of carbonyl (C=O) groups is 1. The van der Waals surface area contributed by atoms with E-state index in [1.165, 1.54) is 0 Å². The van der Waals surface area contributed by atoms with Gasteiger partial charge in [0.25, 0.3) is 5.91 Å². The molecule has 6 nitrogen and oxygen atoms in total. The molecule has 0 saturated carbocycles. The number of nitrogens with zero attached hydrogens (tertiary/aromatic N) is 3. The maximum absolute atomic E-state index is 12.0. The molecule has 0 aliphatic rings. The van der Waals surface area contributed by atoms with E-state index in [9.17, 15) is 4.79 Å². The molecule has 8 heteroatoms. The standard InChI is InChI=1S/C23H27N5OS.HI/c1-4-24-23(25-14-17-10-12-19(13-11-17)22(29)28(2)3)26-15-21-27-20(16-30-21)18-8-6-5-7-9-18;/h5-13,16H,4,14-15H2,1-3H3,(H2,24,25,26);1H. The first kappa shape index (κ1) is 24.8. The quantitative estimate of drug-likeness (QED) is 0.261. The first-order valence-corrected chi connectivity index (χ1v) is 10.8. The van der Waals surface area contributed by atoms with Crippen molar-refractivity contribution < 1.29 is 4.79 Å². The Balaban J connectivity index is 0.00000341. The number of aromatic nitrogens is 1. The molecule has 0 radical (unpaired) electrons. The molecule has 0 fully saturated rings. The zero-order valence-corrected chi connectivity index (χ0v) is 21.1. The van der Waals surface area contributed by atoms with Gasteiger partial charge in [-0.3, -0.25) is 4.79 Å². The van der Waals surface area contributed by atoms with E-state index in [4.69, 9.17) is 4.98 Å². The molecule has 31 heavy (non-hydrogen) atoms. The number of hydrogen-bond acceptors (Lipinski definition) is 4. The summed E-state index contributed by atoms with van der Waals surface area (Å²) < 4.78 is 0. The molecule has 164 valence electrons. The molecule has 3 aromatic rings. The Kier molecular flexibility index (Phi) is 9.93. The molecule has 2 N–H and O–H groups in total. The van der Waals surface area contributed by atoms with Crippen LogP contribution in [0.25, 0.3) is 11.3 Å². The lowest BCUT2D eigenvalue weighted by Gasteiger charge is -2.11. The van der Waals surface area contributed by atoms with Crippen LogP contribution in [0, 0.1) is 0 Å². The number of aliphatic imine (C=N–C) groups is 1. The first-order chi connectivity index (χ1) is 14.6. The number of carbonyl (C=O) groups excluding carboxylic acids is 1. The van der Waals surface area contributed by atoms with Gasteiger partial charge < -0.3 is 15.5 Å². The molecule has 0 saturated heterocycles. The molecule has 0 spiro atoms. The van der Waals surface area contributed by atoms with Gasteiger partial charge in [-0.15, -0.1) is 35.3 Å². The number of halogens is 1. The van der Waals surface area contributed by atoms with Crippen LogP contribution in [0.5, 0.6) is 0 Å². The highest BCUT2D eigenvalue weighted by molar-refractivity contribution is 14.0. The fraction of sp³-hybridized carbons (Fsp3) is 0.261. The minimum absolute atomic E-state index is 0. The van der Waals surface area contributed by atoms with Crippen molar-refractivity contribution in [1.29, 1.82) is 0 Å². The van der Waals surface area contributed by atoms with Crippen LogP contribution in [-0.4, -0.2) is 42.4 Å². The Morgan fingerprint density at radius 3 is 2.42 bits per heavy atom. The van der Waals surface area contributed by atoms with Crippen molar-refractivity contribution in [3.8, 4) is 11.3 Å². The van der Waals surface area contributed by atoms with Gasteiger partial charge in [0.2, 0.25) is 0 Å². The second-order valence-corrected chi connectivity index (χ2v) is 7.88. The van der Waals surface area contributed by atoms with Gasteiger partial charge in [0.1, 0.15) is 5.01 Å². The molecule has 1 aromatic heterocycles. The smallest absolute Gasteiger partial charge is 0.253 e. The van der Waals surface area contributed by atoms with Gasteiger partial charge in [-0.2, -0.15) is 0 Å². The van der Waals surface area contributed by atoms with Crippen molar-refractivity contribution in [3.05, 3.63) is 76.1 Å². The lowest BCUT2D eigenvalue weighted by molar-refractivity contribution is 0.0827. The molecule has 2 aromatic carbocycles. The highest BCUT2D eigenvalue weighted by atomic mass is 127. The maximum atomic E-state index is 12.0. The average Bonchev–Trinajstić information content (AvgIpc) is 3.25. The molecule has 0 bridgehead atoms. The first-order valence-electron chi connectivity index (χ1n) is 9.89. The van der Waals surface area contributed by atoms with Gasteiger partial charge in [-0.05, 0) is 24.6 Å². The van der Waals surface area contributed by atoms with Crippen molar-refractivity contribution in [2.24, 2.45) is 4.99 Å². The molecular weight excluding hydrogens is 521 g/mol. The van der Waals surface area contributed by atoms with Gasteiger partial charge in [0.15, 0.2) is 5.96 Å². The van der Waals surface area contributed by atoms with Crippen molar-refractivity contribution in [2.75, 3.05) is 20.6 Å². The Hall–Kier alpha value is -2.46. The topological polar surface area (TPSA) is 69.6 Å². The molecule has 1 amide bonds. The van der Waals surface area contributed by atoms with Crippen molar-refractivity contribution >= 4 is 47.2 Å². The summed E-state index contributed by atoms with van der Waals surface area (Å²) >= 11 is 1.63. The Bertz CT molecular complexity index is 987. The average molecular weight is 549 g/mol. The van der Waals surface area contributed by atoms with E-state index in [2.05, 4.69) is 33.1 Å². The van der Waals surface area contributed by atoms with E-state index >= 15 is 0 Å². The molecule has 0 aliphatic heterocycles. The van der Waals surface area contributed by atoms with Crippen LogP contribution in [0.15, 0.2) is 65.0 Å². The Morgan fingerprint density at radius 2 is 1.77 bits per heavy atom. The number of thiazole rings is 1. The van der Waals surface area contributed by atoms with Gasteiger partial charge in [-0.1, -0.05) is 42.5 Å². The number of guanidine groups is 1. The largest absolute Gasteiger partial charge is 0.357 e. The normalized spacial score (nSPS) is 10.9. The van der Waals surface area contributed by atoms with E-state index in [1.54, 1.807) is 30.3 Å². The summed E-state index contributed by atoms with van der Waals surface area (Å²) in [7, 11) is 3.50. The summed E-state index contributed by atoms with van der Waals surface area (Å²) in [5, 5.41) is 9.69. The molecule has 0 unspecified atom stereocenters. The molecule has 3 rings (SSSR count). The Labute approximate surface area is 204 Å². The van der Waals surface area contributed by atoms with Crippen molar-refractivity contribution in [2.45, 2.75) is 20.0 Å². The molecular formula is C23H28IN5OS. The minimum atomic E-state index is -0.00150. The van der Waals surface area contributed by atoms with Crippen molar-refractivity contribution in [1.82, 2.24) is 20.5 Å². The summed E-state index contributed by atoms with van der Waals surface area (Å²) in [4.78, 5) is 22.9. The van der Waals surface area contributed by atoms with Crippen LogP contribution in [0.3, 0.4) is 0 Å². The summed E-state index contributed by atoms with van der Waals surface area (Å²) in [5.74, 6) is 0.737. The number of hydrogen-bond donors (Lipinski definition) is 2. The third-order valence-electron chi connectivity index (χ3n) is 4.40. The maximum Gasteiger partial charge on any atom is 0.253 e. The van der Waals surface area contributed by atoms with Crippen LogP contribution >= 0.6 is 35.3 Å². The summed E-state index contributed by atoms with van der Waals surface area (Å²) in [6.07, 6.45) is 0. The van der Waals surface area contributed by atoms with Crippen LogP contribution in [0.2, 0.25) is 0 Å². The van der Waals surface area contributed by atoms with E-state index in [0.717, 1.165) is 34.3 Å². The molecule has 0 atom stereocenters. The number of nitrogens with one attached hydrogen (secondary N) is 2. The second kappa shape index (κ2) is 12.4. The highest BCUT2D eigenvalue weighted by Crippen LogP contribution is 2.21. The Morgan fingerprint density at radius 1 is 1.06 bits per heavy atom. The fourth-order valence-corrected chi connectivity index (χ4v) is 3.56. The van der Waals surface area contributed by atoms with Gasteiger partial charge >= 0.3 is 0 Å². The predicted octanol–water partition coefficient (Wildman–Crippen LogP) is 4.39. The van der Waals surface area contributed by atoms with Gasteiger partial charge in [0, 0.05) is 37.1 Å². The third kappa shape index (κ3) is 7.32. The third-order valence-corrected chi connectivity index (χ3v) is 5.25. The molecule has 0 aliphatic carbocycles. The van der Waals surface area contributed by atoms with E-state index in [0.29, 0.717) is 18.7 Å².